The van der Waals surface area contributed by atoms with E-state index in [9.17, 15) is 10.1 Å². The molecule has 0 unspecified atom stereocenters. The third-order valence-electron chi connectivity index (χ3n) is 0.984. The minimum atomic E-state index is -0.815. The SMILES string of the molecule is [N-]=[N+]=C1N=NC(N)=C1[N+](=O)[O-]. The van der Waals surface area contributed by atoms with Gasteiger partial charge in [-0.15, -0.1) is 0 Å². The summed E-state index contributed by atoms with van der Waals surface area (Å²) in [5.74, 6) is -0.838. The largest absolute Gasteiger partial charge is 0.508 e. The summed E-state index contributed by atoms with van der Waals surface area (Å²) >= 11 is 0. The van der Waals surface area contributed by atoms with Crippen LogP contribution in [0.15, 0.2) is 21.7 Å². The van der Waals surface area contributed by atoms with E-state index in [2.05, 4.69) is 15.0 Å². The highest BCUT2D eigenvalue weighted by Crippen LogP contribution is 2.11. The second-order valence-electron chi connectivity index (χ2n) is 1.61. The molecule has 1 heterocycles. The molecule has 8 heteroatoms. The van der Waals surface area contributed by atoms with Crippen molar-refractivity contribution in [2.75, 3.05) is 0 Å². The van der Waals surface area contributed by atoms with E-state index in [1.807, 2.05) is 0 Å². The van der Waals surface area contributed by atoms with E-state index in [1.165, 1.54) is 0 Å². The lowest BCUT2D eigenvalue weighted by Gasteiger charge is -1.82. The third-order valence-corrected chi connectivity index (χ3v) is 0.984. The van der Waals surface area contributed by atoms with Crippen LogP contribution in [-0.2, 0) is 0 Å². The standard InChI is InChI=1S/C3H2N6O2/c4-2-1(9(10)11)3(6-5)8-7-2/h4H2. The molecule has 2 N–H and O–H groups in total. The molecule has 56 valence electrons. The fourth-order valence-electron chi connectivity index (χ4n) is 0.553. The van der Waals surface area contributed by atoms with Crippen LogP contribution in [0.3, 0.4) is 0 Å². The van der Waals surface area contributed by atoms with Crippen LogP contribution in [0.5, 0.6) is 0 Å². The van der Waals surface area contributed by atoms with Crippen molar-refractivity contribution in [1.29, 1.82) is 0 Å². The Morgan fingerprint density at radius 1 is 1.64 bits per heavy atom. The van der Waals surface area contributed by atoms with Gasteiger partial charge in [-0.05, 0) is 5.11 Å². The summed E-state index contributed by atoms with van der Waals surface area (Å²) < 4.78 is 0. The van der Waals surface area contributed by atoms with Gasteiger partial charge in [-0.3, -0.25) is 14.9 Å². The summed E-state index contributed by atoms with van der Waals surface area (Å²) in [6.07, 6.45) is 0. The number of azo groups is 1. The number of amidine groups is 1. The molecule has 0 aromatic heterocycles. The van der Waals surface area contributed by atoms with Gasteiger partial charge in [0, 0.05) is 0 Å². The average molecular weight is 154 g/mol. The van der Waals surface area contributed by atoms with Crippen molar-refractivity contribution in [3.05, 3.63) is 27.2 Å². The highest BCUT2D eigenvalue weighted by atomic mass is 16.6. The third kappa shape index (κ3) is 0.970. The van der Waals surface area contributed by atoms with Gasteiger partial charge >= 0.3 is 11.5 Å². The number of nitro groups is 1. The van der Waals surface area contributed by atoms with Gasteiger partial charge in [0.15, 0.2) is 0 Å². The van der Waals surface area contributed by atoms with Gasteiger partial charge in [0.25, 0.3) is 5.82 Å². The van der Waals surface area contributed by atoms with Crippen molar-refractivity contribution < 1.29 is 9.71 Å². The lowest BCUT2D eigenvalue weighted by molar-refractivity contribution is -0.418. The Labute approximate surface area is 59.8 Å². The van der Waals surface area contributed by atoms with Crippen molar-refractivity contribution >= 4 is 5.84 Å². The summed E-state index contributed by atoms with van der Waals surface area (Å²) in [7, 11) is 0. The molecule has 1 aliphatic rings. The summed E-state index contributed by atoms with van der Waals surface area (Å²) in [6.45, 7) is 0. The van der Waals surface area contributed by atoms with Gasteiger partial charge in [-0.25, -0.2) is 0 Å². The molecule has 0 aromatic rings. The van der Waals surface area contributed by atoms with Crippen molar-refractivity contribution in [3.8, 4) is 0 Å². The molecule has 11 heavy (non-hydrogen) atoms. The van der Waals surface area contributed by atoms with Crippen molar-refractivity contribution in [3.63, 3.8) is 0 Å². The maximum atomic E-state index is 10.1. The van der Waals surface area contributed by atoms with Gasteiger partial charge in [0.2, 0.25) is 0 Å². The maximum Gasteiger partial charge on any atom is 0.508 e. The van der Waals surface area contributed by atoms with Crippen LogP contribution in [0.2, 0.25) is 0 Å². The molecule has 0 spiro atoms. The van der Waals surface area contributed by atoms with Crippen LogP contribution in [0.1, 0.15) is 0 Å². The monoisotopic (exact) mass is 154 g/mol. The normalized spacial score (nSPS) is 15.5. The van der Waals surface area contributed by atoms with E-state index >= 15 is 0 Å². The summed E-state index contributed by atoms with van der Waals surface area (Å²) in [5.41, 5.74) is 12.6. The van der Waals surface area contributed by atoms with Crippen LogP contribution >= 0.6 is 0 Å². The first-order valence-corrected chi connectivity index (χ1v) is 2.45. The first-order chi connectivity index (χ1) is 5.16. The van der Waals surface area contributed by atoms with Crippen LogP contribution in [-0.4, -0.2) is 15.5 Å². The lowest BCUT2D eigenvalue weighted by atomic mass is 10.4. The molecule has 8 nitrogen and oxygen atoms in total. The highest BCUT2D eigenvalue weighted by molar-refractivity contribution is 5.94. The Morgan fingerprint density at radius 3 is 2.64 bits per heavy atom. The fraction of sp³-hybridized carbons (Fsp3) is 0. The Morgan fingerprint density at radius 2 is 2.27 bits per heavy atom. The van der Waals surface area contributed by atoms with Crippen molar-refractivity contribution in [2.45, 2.75) is 0 Å². The van der Waals surface area contributed by atoms with Gasteiger partial charge in [-0.2, -0.15) is 0 Å². The van der Waals surface area contributed by atoms with Gasteiger partial charge < -0.3 is 11.3 Å². The molecule has 0 fully saturated rings. The Kier molecular flexibility index (Phi) is 1.45. The second-order valence-corrected chi connectivity index (χ2v) is 1.61. The maximum absolute atomic E-state index is 10.1. The Balaban J connectivity index is 3.22. The second kappa shape index (κ2) is 2.27. The van der Waals surface area contributed by atoms with E-state index in [4.69, 9.17) is 11.3 Å². The predicted molar refractivity (Wildman–Crippen MR) is 31.7 cm³/mol. The van der Waals surface area contributed by atoms with Crippen molar-refractivity contribution in [1.82, 2.24) is 0 Å². The average Bonchev–Trinajstić information content (AvgIpc) is 2.30. The van der Waals surface area contributed by atoms with E-state index in [0.29, 0.717) is 0 Å². The zero-order valence-electron chi connectivity index (χ0n) is 5.13. The molecule has 0 atom stereocenters. The zero-order valence-corrected chi connectivity index (χ0v) is 5.13. The zero-order chi connectivity index (χ0) is 8.43. The molecule has 0 saturated heterocycles. The molecule has 1 aliphatic heterocycles. The van der Waals surface area contributed by atoms with Crippen LogP contribution < -0.4 is 5.73 Å². The van der Waals surface area contributed by atoms with Crippen LogP contribution in [0.25, 0.3) is 5.53 Å². The number of hydrogen-bond donors (Lipinski definition) is 1. The molecule has 0 aromatic carbocycles. The minimum Gasteiger partial charge on any atom is -0.497 e. The van der Waals surface area contributed by atoms with E-state index in [-0.39, 0.29) is 5.82 Å². The van der Waals surface area contributed by atoms with Gasteiger partial charge in [-0.1, -0.05) is 0 Å². The number of rotatable bonds is 1. The van der Waals surface area contributed by atoms with Gasteiger partial charge in [0.05, 0.1) is 4.92 Å². The first-order valence-electron chi connectivity index (χ1n) is 2.45. The Bertz CT molecular complexity index is 321. The first kappa shape index (κ1) is 7.03. The molecule has 1 rings (SSSR count). The summed E-state index contributed by atoms with van der Waals surface area (Å²) in [5, 5.41) is 16.4. The molecule has 0 aliphatic carbocycles. The highest BCUT2D eigenvalue weighted by Gasteiger charge is 2.38. The quantitative estimate of drug-likeness (QED) is 0.236. The molecular weight excluding hydrogens is 152 g/mol. The molecule has 0 radical (unpaired) electrons. The van der Waals surface area contributed by atoms with E-state index in [1.54, 1.807) is 0 Å². The Hall–Kier alpha value is -2.08. The molecule has 0 amide bonds. The smallest absolute Gasteiger partial charge is 0.497 e. The summed E-state index contributed by atoms with van der Waals surface area (Å²) in [4.78, 5) is 11.8. The number of nitrogens with two attached hydrogens (primary N) is 1. The lowest BCUT2D eigenvalue weighted by Crippen LogP contribution is -2.11. The topological polar surface area (TPSA) is 130 Å². The van der Waals surface area contributed by atoms with Crippen molar-refractivity contribution in [2.24, 2.45) is 16.0 Å². The molecule has 0 saturated carbocycles. The van der Waals surface area contributed by atoms with Crippen LogP contribution in [0.4, 0.5) is 0 Å². The summed E-state index contributed by atoms with van der Waals surface area (Å²) in [6, 6.07) is 0. The molecule has 0 bridgehead atoms. The molecular formula is C3H2N6O2. The fourth-order valence-corrected chi connectivity index (χ4v) is 0.553. The van der Waals surface area contributed by atoms with E-state index in [0.717, 1.165) is 0 Å². The number of hydrogen-bond acceptors (Lipinski definition) is 4. The minimum absolute atomic E-state index is 0.359. The predicted octanol–water partition coefficient (Wildman–Crippen LogP) is -0.515. The van der Waals surface area contributed by atoms with Gasteiger partial charge in [0.1, 0.15) is 5.11 Å². The van der Waals surface area contributed by atoms with E-state index < -0.39 is 16.5 Å². The number of nitrogens with zero attached hydrogens (tertiary/aromatic N) is 5. The van der Waals surface area contributed by atoms with Crippen LogP contribution in [0, 0.1) is 10.1 Å².